The Hall–Kier alpha value is -2.69. The summed E-state index contributed by atoms with van der Waals surface area (Å²) in [6.07, 6.45) is 14.4. The Labute approximate surface area is 343 Å². The number of hydrogen-bond donors (Lipinski definition) is 0. The molecule has 0 aliphatic rings. The smallest absolute Gasteiger partial charge is 0 e. The van der Waals surface area contributed by atoms with Crippen LogP contribution >= 0.6 is 15.8 Å². The average molecular weight is 901 g/mol. The van der Waals surface area contributed by atoms with Gasteiger partial charge in [-0.15, -0.1) is 10.6 Å². The van der Waals surface area contributed by atoms with Crippen molar-refractivity contribution in [3.05, 3.63) is 168 Å². The van der Waals surface area contributed by atoms with E-state index in [1.165, 1.54) is 73.6 Å². The Morgan fingerprint density at radius 3 is 1.09 bits per heavy atom. The van der Waals surface area contributed by atoms with Crippen LogP contribution in [0.5, 0.6) is 0 Å². The van der Waals surface area contributed by atoms with E-state index < -0.39 is 15.8 Å². The van der Waals surface area contributed by atoms with Crippen molar-refractivity contribution < 1.29 is 25.8 Å². The summed E-state index contributed by atoms with van der Waals surface area (Å²) in [4.78, 5) is 0. The molecule has 6 rings (SSSR count). The van der Waals surface area contributed by atoms with Gasteiger partial charge in [-0.3, -0.25) is 0 Å². The van der Waals surface area contributed by atoms with Gasteiger partial charge in [0.2, 0.25) is 0 Å². The molecule has 0 bridgehead atoms. The van der Waals surface area contributed by atoms with Crippen LogP contribution in [0.25, 0.3) is 0 Å². The summed E-state index contributed by atoms with van der Waals surface area (Å²) in [7, 11) is -1.49. The van der Waals surface area contributed by atoms with Gasteiger partial charge in [0.25, 0.3) is 0 Å². The third-order valence-electron chi connectivity index (χ3n) is 9.94. The Bertz CT molecular complexity index is 1620. The van der Waals surface area contributed by atoms with E-state index in [1.54, 1.807) is 31.8 Å². The second-order valence-electron chi connectivity index (χ2n) is 13.9. The van der Waals surface area contributed by atoms with Gasteiger partial charge in [-0.1, -0.05) is 158 Å². The second kappa shape index (κ2) is 24.0. The fourth-order valence-corrected chi connectivity index (χ4v) is 13.2. The topological polar surface area (TPSA) is 0 Å². The van der Waals surface area contributed by atoms with Crippen molar-refractivity contribution in [3.63, 3.8) is 0 Å². The van der Waals surface area contributed by atoms with Crippen LogP contribution in [0.15, 0.2) is 146 Å². The molecule has 280 valence electrons. The minimum atomic E-state index is -0.743. The van der Waals surface area contributed by atoms with Crippen LogP contribution in [-0.2, 0) is 51.5 Å². The van der Waals surface area contributed by atoms with E-state index >= 15 is 0 Å². The van der Waals surface area contributed by atoms with Crippen LogP contribution in [-0.4, -0.2) is 0 Å². The van der Waals surface area contributed by atoms with Crippen molar-refractivity contribution in [2.75, 3.05) is 0 Å². The molecule has 6 aromatic carbocycles. The van der Waals surface area contributed by atoms with E-state index in [9.17, 15) is 0 Å². The molecule has 0 saturated carbocycles. The summed E-state index contributed by atoms with van der Waals surface area (Å²) in [5.41, 5.74) is 6.14. The first-order valence-corrected chi connectivity index (χ1v) is 22.7. The van der Waals surface area contributed by atoms with E-state index in [0.29, 0.717) is 0 Å². The van der Waals surface area contributed by atoms with Gasteiger partial charge in [-0.05, 0) is 103 Å². The maximum absolute atomic E-state index is 2.51. The van der Waals surface area contributed by atoms with Crippen molar-refractivity contribution in [1.82, 2.24) is 0 Å². The van der Waals surface area contributed by atoms with Crippen molar-refractivity contribution in [2.45, 2.75) is 105 Å². The maximum atomic E-state index is 2.51. The van der Waals surface area contributed by atoms with Gasteiger partial charge < -0.3 is 30.3 Å². The molecule has 0 nitrogen and oxygen atoms in total. The maximum Gasteiger partial charge on any atom is 0 e. The van der Waals surface area contributed by atoms with E-state index in [4.69, 9.17) is 0 Å². The Morgan fingerprint density at radius 2 is 0.736 bits per heavy atom. The molecular formula is C50H60HfP2-6. The second-order valence-corrected chi connectivity index (χ2v) is 18.1. The molecule has 0 amide bonds. The molecule has 0 radical (unpaired) electrons. The number of aryl methyl sites for hydroxylation is 4. The van der Waals surface area contributed by atoms with Crippen molar-refractivity contribution >= 4 is 47.7 Å². The van der Waals surface area contributed by atoms with E-state index in [-0.39, 0.29) is 25.8 Å². The standard InChI is InChI=1S/C45H55P2.C5H5.Hf/c1-5-9-22-36-26-13-17-30-40(36)46(41-31-18-14-27-37(41)23-10-6-2)44-34-21-35-45(44)47(42-32-19-15-28-38(42)24-11-7-3)43-33-20-16-29-39(43)25-12-8-4;1-2-4-5-3-1;/h13-21,26-35H,5-12,22-25H2,1-4H3;1-5H;/q-1;-5;. The van der Waals surface area contributed by atoms with E-state index in [2.05, 4.69) is 143 Å². The zero-order valence-electron chi connectivity index (χ0n) is 32.7. The molecule has 0 fully saturated rings. The van der Waals surface area contributed by atoms with Gasteiger partial charge in [0, 0.05) is 25.8 Å². The first-order valence-electron chi connectivity index (χ1n) is 20.1. The van der Waals surface area contributed by atoms with Gasteiger partial charge in [-0.2, -0.15) is 6.07 Å². The normalized spacial score (nSPS) is 11.0. The van der Waals surface area contributed by atoms with Crippen LogP contribution in [0.3, 0.4) is 0 Å². The average Bonchev–Trinajstić information content (AvgIpc) is 3.94. The first kappa shape index (κ1) is 43.0. The molecule has 0 aromatic heterocycles. The van der Waals surface area contributed by atoms with Gasteiger partial charge >= 0.3 is 0 Å². The van der Waals surface area contributed by atoms with Crippen LogP contribution < -0.4 is 31.8 Å². The molecule has 0 spiro atoms. The summed E-state index contributed by atoms with van der Waals surface area (Å²) in [5.74, 6) is 0. The van der Waals surface area contributed by atoms with Gasteiger partial charge in [-0.25, -0.2) is 12.1 Å². The first-order chi connectivity index (χ1) is 25.7. The zero-order chi connectivity index (χ0) is 36.4. The molecule has 0 heterocycles. The summed E-state index contributed by atoms with van der Waals surface area (Å²) < 4.78 is 0. The summed E-state index contributed by atoms with van der Waals surface area (Å²) in [5, 5.41) is 9.35. The molecule has 3 heteroatoms. The van der Waals surface area contributed by atoms with Crippen molar-refractivity contribution in [1.29, 1.82) is 0 Å². The minimum Gasteiger partial charge on any atom is -0.748 e. The monoisotopic (exact) mass is 902 g/mol. The third-order valence-corrected chi connectivity index (χ3v) is 15.5. The molecule has 0 unspecified atom stereocenters. The number of hydrogen-bond acceptors (Lipinski definition) is 0. The predicted molar refractivity (Wildman–Crippen MR) is 236 cm³/mol. The Morgan fingerprint density at radius 1 is 0.415 bits per heavy atom. The summed E-state index contributed by atoms with van der Waals surface area (Å²) in [6, 6.07) is 55.1. The van der Waals surface area contributed by atoms with E-state index in [0.717, 1.165) is 25.7 Å². The summed E-state index contributed by atoms with van der Waals surface area (Å²) >= 11 is 0. The molecule has 0 aliphatic heterocycles. The zero-order valence-corrected chi connectivity index (χ0v) is 38.1. The van der Waals surface area contributed by atoms with Gasteiger partial charge in [0.05, 0.1) is 0 Å². The molecule has 0 N–H and O–H groups in total. The SMILES string of the molecule is CCCCc1ccccc1P(c1ccccc1CCCC)c1ccc[c-]1P(c1ccccc1CCCC)c1ccccc1CCCC.[Hf].[cH-]1[cH-][cH-][cH-][cH-]1. The van der Waals surface area contributed by atoms with E-state index in [1.807, 2.05) is 30.3 Å². The number of benzene rings is 4. The molecule has 0 aliphatic carbocycles. The summed E-state index contributed by atoms with van der Waals surface area (Å²) in [6.45, 7) is 9.28. The van der Waals surface area contributed by atoms with Crippen LogP contribution in [0.1, 0.15) is 101 Å². The van der Waals surface area contributed by atoms with Crippen molar-refractivity contribution in [2.24, 2.45) is 0 Å². The molecule has 6 aromatic rings. The number of unbranched alkanes of at least 4 members (excludes halogenated alkanes) is 4. The quantitative estimate of drug-likeness (QED) is 0.0458. The molecule has 53 heavy (non-hydrogen) atoms. The molecule has 0 atom stereocenters. The Kier molecular flexibility index (Phi) is 19.5. The van der Waals surface area contributed by atoms with Crippen LogP contribution in [0, 0.1) is 0 Å². The van der Waals surface area contributed by atoms with Crippen molar-refractivity contribution in [3.8, 4) is 0 Å². The van der Waals surface area contributed by atoms with Gasteiger partial charge in [0.1, 0.15) is 0 Å². The largest absolute Gasteiger partial charge is 0.748 e. The van der Waals surface area contributed by atoms with Gasteiger partial charge in [0.15, 0.2) is 0 Å². The third kappa shape index (κ3) is 11.9. The molecular weight excluding hydrogens is 841 g/mol. The van der Waals surface area contributed by atoms with Crippen LogP contribution in [0.2, 0.25) is 0 Å². The predicted octanol–water partition coefficient (Wildman–Crippen LogP) is 11.7. The molecule has 0 saturated heterocycles. The number of rotatable bonds is 18. The Balaban J connectivity index is 0.000000964. The fraction of sp³-hybridized carbons (Fsp3) is 0.320. The van der Waals surface area contributed by atoms with Crippen LogP contribution in [0.4, 0.5) is 0 Å². The minimum absolute atomic E-state index is 0. The fourth-order valence-electron chi connectivity index (χ4n) is 7.11.